The predicted octanol–water partition coefficient (Wildman–Crippen LogP) is 2.76. The minimum atomic E-state index is -3.18. The summed E-state index contributed by atoms with van der Waals surface area (Å²) in [4.78, 5) is 12.0. The number of benzene rings is 2. The molecule has 1 atom stereocenters. The van der Waals surface area contributed by atoms with Crippen LogP contribution in [0.3, 0.4) is 0 Å². The molecule has 128 valence electrons. The van der Waals surface area contributed by atoms with Crippen molar-refractivity contribution in [3.63, 3.8) is 0 Å². The molecule has 2 rings (SSSR count). The van der Waals surface area contributed by atoms with Crippen LogP contribution in [-0.4, -0.2) is 30.3 Å². The molecule has 2 aromatic rings. The van der Waals surface area contributed by atoms with Gasteiger partial charge in [0.2, 0.25) is 0 Å². The lowest BCUT2D eigenvalue weighted by atomic mass is 10.1. The Morgan fingerprint density at radius 3 is 2.54 bits per heavy atom. The standard InChI is InChI=1S/C17H16F3NO3/c18-12-6-7-14(15(9-12)24-17(19)20)16(23)21-10-13(22)8-11-4-2-1-3-5-11/h1-7,9,13,17,22H,8,10H2,(H,21,23). The number of amides is 1. The van der Waals surface area contributed by atoms with Crippen molar-refractivity contribution in [2.24, 2.45) is 0 Å². The molecule has 2 aromatic carbocycles. The summed E-state index contributed by atoms with van der Waals surface area (Å²) in [6.45, 7) is -3.26. The summed E-state index contributed by atoms with van der Waals surface area (Å²) < 4.78 is 41.9. The van der Waals surface area contributed by atoms with Gasteiger partial charge in [-0.05, 0) is 17.7 Å². The first-order valence-corrected chi connectivity index (χ1v) is 7.20. The van der Waals surface area contributed by atoms with Crippen molar-refractivity contribution in [3.05, 3.63) is 65.5 Å². The van der Waals surface area contributed by atoms with Gasteiger partial charge in [-0.2, -0.15) is 8.78 Å². The molecule has 4 nitrogen and oxygen atoms in total. The lowest BCUT2D eigenvalue weighted by Gasteiger charge is -2.14. The Labute approximate surface area is 136 Å². The molecule has 0 fully saturated rings. The zero-order valence-corrected chi connectivity index (χ0v) is 12.6. The molecule has 0 aromatic heterocycles. The summed E-state index contributed by atoms with van der Waals surface area (Å²) in [6, 6.07) is 11.9. The van der Waals surface area contributed by atoms with Gasteiger partial charge in [0, 0.05) is 19.0 Å². The highest BCUT2D eigenvalue weighted by atomic mass is 19.3. The van der Waals surface area contributed by atoms with Crippen LogP contribution in [0, 0.1) is 5.82 Å². The van der Waals surface area contributed by atoms with Gasteiger partial charge in [-0.15, -0.1) is 0 Å². The van der Waals surface area contributed by atoms with Crippen LogP contribution in [0.2, 0.25) is 0 Å². The highest BCUT2D eigenvalue weighted by Gasteiger charge is 2.17. The van der Waals surface area contributed by atoms with E-state index in [2.05, 4.69) is 10.1 Å². The number of carbonyl (C=O) groups is 1. The van der Waals surface area contributed by atoms with Gasteiger partial charge >= 0.3 is 6.61 Å². The maximum absolute atomic E-state index is 13.1. The maximum atomic E-state index is 13.1. The van der Waals surface area contributed by atoms with Gasteiger partial charge in [0.15, 0.2) is 0 Å². The molecule has 0 aliphatic rings. The third-order valence-corrected chi connectivity index (χ3v) is 3.22. The monoisotopic (exact) mass is 339 g/mol. The van der Waals surface area contributed by atoms with E-state index in [1.54, 1.807) is 0 Å². The van der Waals surface area contributed by atoms with Crippen LogP contribution in [0.1, 0.15) is 15.9 Å². The van der Waals surface area contributed by atoms with Gasteiger partial charge in [0.05, 0.1) is 11.7 Å². The van der Waals surface area contributed by atoms with E-state index in [4.69, 9.17) is 0 Å². The number of hydrogen-bond donors (Lipinski definition) is 2. The fourth-order valence-corrected chi connectivity index (χ4v) is 2.14. The van der Waals surface area contributed by atoms with Gasteiger partial charge in [0.25, 0.3) is 5.91 Å². The molecule has 0 heterocycles. The molecule has 0 aliphatic heterocycles. The Balaban J connectivity index is 1.97. The smallest absolute Gasteiger partial charge is 0.387 e. The molecule has 0 radical (unpaired) electrons. The molecular weight excluding hydrogens is 323 g/mol. The predicted molar refractivity (Wildman–Crippen MR) is 81.5 cm³/mol. The maximum Gasteiger partial charge on any atom is 0.387 e. The summed E-state index contributed by atoms with van der Waals surface area (Å²) in [7, 11) is 0. The van der Waals surface area contributed by atoms with Crippen LogP contribution < -0.4 is 10.1 Å². The molecule has 0 spiro atoms. The number of alkyl halides is 2. The minimum absolute atomic E-state index is 0.0841. The average Bonchev–Trinajstić information content (AvgIpc) is 2.53. The summed E-state index contributed by atoms with van der Waals surface area (Å²) in [5.41, 5.74) is 0.659. The Hall–Kier alpha value is -2.54. The van der Waals surface area contributed by atoms with E-state index in [-0.39, 0.29) is 12.1 Å². The van der Waals surface area contributed by atoms with Crippen LogP contribution in [0.5, 0.6) is 5.75 Å². The number of aliphatic hydroxyl groups excluding tert-OH is 1. The van der Waals surface area contributed by atoms with E-state index in [1.807, 2.05) is 30.3 Å². The first-order chi connectivity index (χ1) is 11.5. The molecule has 0 bridgehead atoms. The van der Waals surface area contributed by atoms with E-state index >= 15 is 0 Å². The van der Waals surface area contributed by atoms with Crippen LogP contribution in [0.4, 0.5) is 13.2 Å². The fraction of sp³-hybridized carbons (Fsp3) is 0.235. The average molecular weight is 339 g/mol. The number of hydrogen-bond acceptors (Lipinski definition) is 3. The van der Waals surface area contributed by atoms with Crippen LogP contribution >= 0.6 is 0 Å². The zero-order chi connectivity index (χ0) is 17.5. The van der Waals surface area contributed by atoms with Crippen LogP contribution in [0.15, 0.2) is 48.5 Å². The molecule has 7 heteroatoms. The molecule has 0 aliphatic carbocycles. The van der Waals surface area contributed by atoms with Crippen molar-refractivity contribution in [3.8, 4) is 5.75 Å². The lowest BCUT2D eigenvalue weighted by molar-refractivity contribution is -0.0503. The van der Waals surface area contributed by atoms with Crippen molar-refractivity contribution in [2.75, 3.05) is 6.54 Å². The highest BCUT2D eigenvalue weighted by Crippen LogP contribution is 2.22. The topological polar surface area (TPSA) is 58.6 Å². The molecule has 0 saturated carbocycles. The third-order valence-electron chi connectivity index (χ3n) is 3.22. The summed E-state index contributed by atoms with van der Waals surface area (Å²) in [5.74, 6) is -2.09. The molecule has 1 unspecified atom stereocenters. The first-order valence-electron chi connectivity index (χ1n) is 7.20. The Kier molecular flexibility index (Phi) is 6.20. The summed E-state index contributed by atoms with van der Waals surface area (Å²) >= 11 is 0. The molecular formula is C17H16F3NO3. The van der Waals surface area contributed by atoms with Crippen molar-refractivity contribution >= 4 is 5.91 Å². The Morgan fingerprint density at radius 1 is 1.17 bits per heavy atom. The Morgan fingerprint density at radius 2 is 1.88 bits per heavy atom. The number of rotatable bonds is 7. The van der Waals surface area contributed by atoms with Crippen LogP contribution in [0.25, 0.3) is 0 Å². The Bertz CT molecular complexity index is 680. The fourth-order valence-electron chi connectivity index (χ4n) is 2.14. The number of halogens is 3. The van der Waals surface area contributed by atoms with E-state index in [1.165, 1.54) is 0 Å². The second kappa shape index (κ2) is 8.35. The molecule has 0 saturated heterocycles. The van der Waals surface area contributed by atoms with E-state index < -0.39 is 30.2 Å². The lowest BCUT2D eigenvalue weighted by Crippen LogP contribution is -2.33. The van der Waals surface area contributed by atoms with Gasteiger partial charge in [-0.25, -0.2) is 4.39 Å². The van der Waals surface area contributed by atoms with E-state index in [0.29, 0.717) is 12.5 Å². The second-order valence-electron chi connectivity index (χ2n) is 5.07. The SMILES string of the molecule is O=C(NCC(O)Cc1ccccc1)c1ccc(F)cc1OC(F)F. The quantitative estimate of drug-likeness (QED) is 0.815. The number of ether oxygens (including phenoxy) is 1. The summed E-state index contributed by atoms with van der Waals surface area (Å²) in [5, 5.41) is 12.3. The second-order valence-corrected chi connectivity index (χ2v) is 5.07. The van der Waals surface area contributed by atoms with Crippen LogP contribution in [-0.2, 0) is 6.42 Å². The van der Waals surface area contributed by atoms with Gasteiger partial charge < -0.3 is 15.2 Å². The number of carbonyl (C=O) groups excluding carboxylic acids is 1. The molecule has 2 N–H and O–H groups in total. The van der Waals surface area contributed by atoms with E-state index in [9.17, 15) is 23.1 Å². The first kappa shape index (κ1) is 17.8. The third kappa shape index (κ3) is 5.27. The highest BCUT2D eigenvalue weighted by molar-refractivity contribution is 5.96. The van der Waals surface area contributed by atoms with Crippen molar-refractivity contribution in [1.82, 2.24) is 5.32 Å². The van der Waals surface area contributed by atoms with Gasteiger partial charge in [0.1, 0.15) is 11.6 Å². The van der Waals surface area contributed by atoms with Gasteiger partial charge in [-0.3, -0.25) is 4.79 Å². The number of aliphatic hydroxyl groups is 1. The van der Waals surface area contributed by atoms with Crippen molar-refractivity contribution in [2.45, 2.75) is 19.1 Å². The zero-order valence-electron chi connectivity index (χ0n) is 12.6. The minimum Gasteiger partial charge on any atom is -0.434 e. The molecule has 24 heavy (non-hydrogen) atoms. The van der Waals surface area contributed by atoms with Gasteiger partial charge in [-0.1, -0.05) is 30.3 Å². The number of nitrogens with one attached hydrogen (secondary N) is 1. The van der Waals surface area contributed by atoms with E-state index in [0.717, 1.165) is 17.7 Å². The normalized spacial score (nSPS) is 12.0. The van der Waals surface area contributed by atoms with Crippen molar-refractivity contribution in [1.29, 1.82) is 0 Å². The molecule has 1 amide bonds. The summed E-state index contributed by atoms with van der Waals surface area (Å²) in [6.07, 6.45) is -0.526. The largest absolute Gasteiger partial charge is 0.434 e. The van der Waals surface area contributed by atoms with Crippen molar-refractivity contribution < 1.29 is 27.8 Å².